The standard InChI is InChI=1S/C22H30N8/c1-22(2,3)21-26-25-18-8-9-19(27-30(18)21)29-13-17(14-29)28(4)12-16-10-11-23-20(24-16)15-6-5-7-15/h8-11,15,17H,5-7,12-14H2,1-4H3. The topological polar surface area (TPSA) is 75.3 Å². The van der Waals surface area contributed by atoms with Gasteiger partial charge in [0.15, 0.2) is 11.5 Å². The molecule has 0 amide bonds. The first-order valence-electron chi connectivity index (χ1n) is 10.9. The number of hydrogen-bond donors (Lipinski definition) is 0. The molecule has 1 saturated heterocycles. The minimum atomic E-state index is -0.0986. The van der Waals surface area contributed by atoms with Gasteiger partial charge in [0, 0.05) is 43.2 Å². The van der Waals surface area contributed by atoms with E-state index in [1.165, 1.54) is 19.3 Å². The lowest BCUT2D eigenvalue weighted by Gasteiger charge is -2.44. The van der Waals surface area contributed by atoms with Gasteiger partial charge >= 0.3 is 0 Å². The number of likely N-dealkylation sites (N-methyl/N-ethyl adjacent to an activating group) is 1. The van der Waals surface area contributed by atoms with Gasteiger partial charge in [-0.05, 0) is 38.1 Å². The Bertz CT molecular complexity index is 1040. The average molecular weight is 407 g/mol. The van der Waals surface area contributed by atoms with Crippen LogP contribution in [0.4, 0.5) is 5.82 Å². The summed E-state index contributed by atoms with van der Waals surface area (Å²) in [4.78, 5) is 14.0. The van der Waals surface area contributed by atoms with E-state index in [9.17, 15) is 0 Å². The SMILES string of the molecule is CN(Cc1ccnc(C2CCC2)n1)C1CN(c2ccc3nnc(C(C)(C)C)n3n2)C1. The number of anilines is 1. The maximum atomic E-state index is 4.83. The molecule has 1 aliphatic heterocycles. The normalized spacial score (nSPS) is 18.1. The number of rotatable bonds is 5. The number of fused-ring (bicyclic) bond motifs is 1. The second kappa shape index (κ2) is 7.27. The van der Waals surface area contributed by atoms with Crippen LogP contribution in [0, 0.1) is 0 Å². The van der Waals surface area contributed by atoms with Crippen LogP contribution in [0.25, 0.3) is 5.65 Å². The minimum Gasteiger partial charge on any atom is -0.352 e. The molecule has 30 heavy (non-hydrogen) atoms. The van der Waals surface area contributed by atoms with Crippen molar-refractivity contribution in [3.63, 3.8) is 0 Å². The van der Waals surface area contributed by atoms with Crippen molar-refractivity contribution in [2.45, 2.75) is 64.0 Å². The maximum absolute atomic E-state index is 4.83. The van der Waals surface area contributed by atoms with Crippen LogP contribution < -0.4 is 4.90 Å². The van der Waals surface area contributed by atoms with Gasteiger partial charge in [-0.2, -0.15) is 4.52 Å². The van der Waals surface area contributed by atoms with Crippen LogP contribution in [0.3, 0.4) is 0 Å². The van der Waals surface area contributed by atoms with E-state index in [2.05, 4.69) is 52.8 Å². The molecule has 1 aliphatic carbocycles. The molecule has 0 aromatic carbocycles. The summed E-state index contributed by atoms with van der Waals surface area (Å²) in [6.45, 7) is 9.18. The van der Waals surface area contributed by atoms with Gasteiger partial charge in [-0.25, -0.2) is 9.97 Å². The summed E-state index contributed by atoms with van der Waals surface area (Å²) in [5, 5.41) is 13.4. The lowest BCUT2D eigenvalue weighted by molar-refractivity contribution is 0.194. The van der Waals surface area contributed by atoms with Gasteiger partial charge < -0.3 is 4.90 Å². The molecule has 1 saturated carbocycles. The van der Waals surface area contributed by atoms with Crippen molar-refractivity contribution in [1.29, 1.82) is 0 Å². The Kier molecular flexibility index (Phi) is 4.69. The predicted molar refractivity (Wildman–Crippen MR) is 116 cm³/mol. The van der Waals surface area contributed by atoms with Crippen LogP contribution in [0.15, 0.2) is 24.4 Å². The molecule has 158 valence electrons. The Morgan fingerprint density at radius 3 is 2.60 bits per heavy atom. The zero-order valence-electron chi connectivity index (χ0n) is 18.3. The highest BCUT2D eigenvalue weighted by Crippen LogP contribution is 2.34. The van der Waals surface area contributed by atoms with Gasteiger partial charge in [0.25, 0.3) is 0 Å². The van der Waals surface area contributed by atoms with Gasteiger partial charge in [0.1, 0.15) is 11.6 Å². The molecule has 3 aromatic heterocycles. The first-order chi connectivity index (χ1) is 14.4. The highest BCUT2D eigenvalue weighted by Gasteiger charge is 2.32. The number of nitrogens with zero attached hydrogens (tertiary/aromatic N) is 8. The van der Waals surface area contributed by atoms with Gasteiger partial charge in [0.2, 0.25) is 0 Å². The van der Waals surface area contributed by atoms with Crippen molar-refractivity contribution >= 4 is 11.5 Å². The minimum absolute atomic E-state index is 0.0986. The average Bonchev–Trinajstić information content (AvgIpc) is 3.03. The summed E-state index contributed by atoms with van der Waals surface area (Å²) >= 11 is 0. The molecule has 0 atom stereocenters. The van der Waals surface area contributed by atoms with Crippen molar-refractivity contribution in [1.82, 2.24) is 34.7 Å². The third-order valence-electron chi connectivity index (χ3n) is 6.34. The monoisotopic (exact) mass is 406 g/mol. The van der Waals surface area contributed by atoms with Gasteiger partial charge in [-0.1, -0.05) is 27.2 Å². The van der Waals surface area contributed by atoms with Crippen LogP contribution in [0.2, 0.25) is 0 Å². The molecule has 0 bridgehead atoms. The van der Waals surface area contributed by atoms with E-state index >= 15 is 0 Å². The first kappa shape index (κ1) is 19.4. The summed E-state index contributed by atoms with van der Waals surface area (Å²) in [5.74, 6) is 3.47. The van der Waals surface area contributed by atoms with E-state index < -0.39 is 0 Å². The summed E-state index contributed by atoms with van der Waals surface area (Å²) in [6.07, 6.45) is 5.69. The van der Waals surface area contributed by atoms with E-state index in [0.29, 0.717) is 12.0 Å². The lowest BCUT2D eigenvalue weighted by atomic mass is 9.85. The van der Waals surface area contributed by atoms with Gasteiger partial charge in [-0.15, -0.1) is 15.3 Å². The van der Waals surface area contributed by atoms with Crippen molar-refractivity contribution in [2.24, 2.45) is 0 Å². The largest absolute Gasteiger partial charge is 0.352 e. The summed E-state index contributed by atoms with van der Waals surface area (Å²) in [7, 11) is 2.18. The third kappa shape index (κ3) is 3.53. The van der Waals surface area contributed by atoms with E-state index in [-0.39, 0.29) is 5.41 Å². The molecule has 0 spiro atoms. The number of hydrogen-bond acceptors (Lipinski definition) is 7. The maximum Gasteiger partial charge on any atom is 0.178 e. The van der Waals surface area contributed by atoms with Gasteiger partial charge in [-0.3, -0.25) is 4.90 Å². The van der Waals surface area contributed by atoms with Crippen molar-refractivity contribution < 1.29 is 0 Å². The summed E-state index contributed by atoms with van der Waals surface area (Å²) < 4.78 is 1.88. The van der Waals surface area contributed by atoms with E-state index in [4.69, 9.17) is 10.1 Å². The molecule has 4 heterocycles. The van der Waals surface area contributed by atoms with Crippen molar-refractivity contribution in [3.8, 4) is 0 Å². The Morgan fingerprint density at radius 1 is 1.10 bits per heavy atom. The number of aromatic nitrogens is 6. The quantitative estimate of drug-likeness (QED) is 0.645. The van der Waals surface area contributed by atoms with E-state index in [1.807, 2.05) is 28.9 Å². The smallest absolute Gasteiger partial charge is 0.178 e. The second-order valence-corrected chi connectivity index (χ2v) is 9.74. The summed E-state index contributed by atoms with van der Waals surface area (Å²) in [5.41, 5.74) is 1.81. The van der Waals surface area contributed by atoms with Crippen LogP contribution >= 0.6 is 0 Å². The van der Waals surface area contributed by atoms with Crippen LogP contribution in [0.1, 0.15) is 63.3 Å². The Balaban J connectivity index is 1.24. The molecule has 8 heteroatoms. The fourth-order valence-corrected chi connectivity index (χ4v) is 4.09. The van der Waals surface area contributed by atoms with Gasteiger partial charge in [0.05, 0.1) is 5.69 Å². The lowest BCUT2D eigenvalue weighted by Crippen LogP contribution is -2.58. The van der Waals surface area contributed by atoms with Crippen molar-refractivity contribution in [3.05, 3.63) is 41.7 Å². The zero-order valence-corrected chi connectivity index (χ0v) is 18.3. The second-order valence-electron chi connectivity index (χ2n) is 9.74. The molecular formula is C22H30N8. The highest BCUT2D eigenvalue weighted by molar-refractivity contribution is 5.48. The fraction of sp³-hybridized carbons (Fsp3) is 0.591. The molecule has 0 unspecified atom stereocenters. The third-order valence-corrected chi connectivity index (χ3v) is 6.34. The predicted octanol–water partition coefficient (Wildman–Crippen LogP) is 2.80. The fourth-order valence-electron chi connectivity index (χ4n) is 4.09. The highest BCUT2D eigenvalue weighted by atomic mass is 15.4. The molecule has 2 aliphatic rings. The molecule has 5 rings (SSSR count). The molecule has 0 N–H and O–H groups in total. The Morgan fingerprint density at radius 2 is 1.90 bits per heavy atom. The molecular weight excluding hydrogens is 376 g/mol. The Hall–Kier alpha value is -2.61. The zero-order chi connectivity index (χ0) is 20.9. The van der Waals surface area contributed by atoms with Crippen LogP contribution in [-0.4, -0.2) is 60.9 Å². The van der Waals surface area contributed by atoms with Crippen LogP contribution in [-0.2, 0) is 12.0 Å². The van der Waals surface area contributed by atoms with Crippen LogP contribution in [0.5, 0.6) is 0 Å². The molecule has 8 nitrogen and oxygen atoms in total. The first-order valence-corrected chi connectivity index (χ1v) is 10.9. The molecule has 0 radical (unpaired) electrons. The summed E-state index contributed by atoms with van der Waals surface area (Å²) in [6, 6.07) is 6.59. The van der Waals surface area contributed by atoms with E-state index in [1.54, 1.807) is 0 Å². The molecule has 3 aromatic rings. The Labute approximate surface area is 177 Å². The molecule has 2 fully saturated rings. The van der Waals surface area contributed by atoms with E-state index in [0.717, 1.165) is 48.4 Å². The van der Waals surface area contributed by atoms with Crippen molar-refractivity contribution in [2.75, 3.05) is 25.0 Å².